The van der Waals surface area contributed by atoms with Crippen molar-refractivity contribution in [3.8, 4) is 0 Å². The van der Waals surface area contributed by atoms with Gasteiger partial charge in [-0.15, -0.1) is 0 Å². The maximum atomic E-state index is 13.5. The molecule has 0 aliphatic carbocycles. The number of halogens is 2. The lowest BCUT2D eigenvalue weighted by Crippen LogP contribution is -2.07. The molecule has 2 aromatic rings. The third-order valence-electron chi connectivity index (χ3n) is 2.75. The molecule has 0 unspecified atom stereocenters. The average Bonchev–Trinajstić information content (AvgIpc) is 2.42. The van der Waals surface area contributed by atoms with Gasteiger partial charge in [0.1, 0.15) is 11.6 Å². The van der Waals surface area contributed by atoms with Gasteiger partial charge < -0.3 is 0 Å². The Morgan fingerprint density at radius 3 is 2.43 bits per heavy atom. The number of hydrogen-bond acceptors (Lipinski definition) is 4. The molecule has 2 rings (SSSR count). The van der Waals surface area contributed by atoms with Crippen LogP contribution in [0.2, 0.25) is 0 Å². The Labute approximate surface area is 118 Å². The largest absolute Gasteiger partial charge is 0.270 e. The molecule has 0 spiro atoms. The van der Waals surface area contributed by atoms with Gasteiger partial charge in [-0.3, -0.25) is 10.1 Å². The first-order chi connectivity index (χ1) is 9.79. The van der Waals surface area contributed by atoms with Crippen molar-refractivity contribution in [3.05, 3.63) is 69.8 Å². The zero-order valence-corrected chi connectivity index (χ0v) is 11.3. The highest BCUT2D eigenvalue weighted by Crippen LogP contribution is 2.22. The minimum atomic E-state index is -3.97. The van der Waals surface area contributed by atoms with Crippen LogP contribution in [0, 0.1) is 21.7 Å². The average molecular weight is 313 g/mol. The van der Waals surface area contributed by atoms with Gasteiger partial charge in [0.05, 0.1) is 15.6 Å². The van der Waals surface area contributed by atoms with Crippen molar-refractivity contribution in [2.75, 3.05) is 0 Å². The molecular formula is C13H9F2NO4S. The third kappa shape index (κ3) is 3.40. The fraction of sp³-hybridized carbons (Fsp3) is 0.0769. The van der Waals surface area contributed by atoms with E-state index in [9.17, 15) is 27.3 Å². The summed E-state index contributed by atoms with van der Waals surface area (Å²) in [6, 6.07) is 7.02. The predicted octanol–water partition coefficient (Wildman–Crippen LogP) is 2.85. The summed E-state index contributed by atoms with van der Waals surface area (Å²) in [4.78, 5) is 9.62. The molecule has 2 aromatic carbocycles. The molecule has 0 radical (unpaired) electrons. The fourth-order valence-electron chi connectivity index (χ4n) is 1.72. The quantitative estimate of drug-likeness (QED) is 0.642. The Morgan fingerprint density at radius 1 is 1.10 bits per heavy atom. The van der Waals surface area contributed by atoms with Crippen LogP contribution in [0.1, 0.15) is 5.56 Å². The zero-order chi connectivity index (χ0) is 15.6. The monoisotopic (exact) mass is 313 g/mol. The summed E-state index contributed by atoms with van der Waals surface area (Å²) >= 11 is 0. The second-order valence-corrected chi connectivity index (χ2v) is 6.24. The normalized spacial score (nSPS) is 11.3. The zero-order valence-electron chi connectivity index (χ0n) is 10.5. The number of hydrogen-bond donors (Lipinski definition) is 0. The summed E-state index contributed by atoms with van der Waals surface area (Å²) in [5.41, 5.74) is -0.585. The summed E-state index contributed by atoms with van der Waals surface area (Å²) in [5.74, 6) is -2.51. The Balaban J connectivity index is 2.38. The highest BCUT2D eigenvalue weighted by Gasteiger charge is 2.20. The molecule has 0 aliphatic rings. The Kier molecular flexibility index (Phi) is 3.99. The lowest BCUT2D eigenvalue weighted by molar-refractivity contribution is -0.385. The minimum Gasteiger partial charge on any atom is -0.258 e. The summed E-state index contributed by atoms with van der Waals surface area (Å²) in [7, 11) is -3.97. The first-order valence-corrected chi connectivity index (χ1v) is 7.36. The van der Waals surface area contributed by atoms with Crippen molar-refractivity contribution in [1.29, 1.82) is 0 Å². The molecular weight excluding hydrogens is 304 g/mol. The van der Waals surface area contributed by atoms with Crippen LogP contribution in [0.25, 0.3) is 0 Å². The van der Waals surface area contributed by atoms with Gasteiger partial charge >= 0.3 is 0 Å². The molecule has 5 nitrogen and oxygen atoms in total. The van der Waals surface area contributed by atoms with Crippen LogP contribution in [-0.4, -0.2) is 13.3 Å². The van der Waals surface area contributed by atoms with Crippen LogP contribution in [0.3, 0.4) is 0 Å². The first-order valence-electron chi connectivity index (χ1n) is 5.71. The number of non-ortho nitro benzene ring substituents is 1. The lowest BCUT2D eigenvalue weighted by Gasteiger charge is -2.06. The number of nitro groups is 1. The van der Waals surface area contributed by atoms with Crippen molar-refractivity contribution in [3.63, 3.8) is 0 Å². The van der Waals surface area contributed by atoms with Crippen LogP contribution in [0.4, 0.5) is 14.5 Å². The van der Waals surface area contributed by atoms with Gasteiger partial charge in [0.25, 0.3) is 5.69 Å². The summed E-state index contributed by atoms with van der Waals surface area (Å²) in [6.07, 6.45) is 0. The topological polar surface area (TPSA) is 77.3 Å². The standard InChI is InChI=1S/C13H9F2NO4S/c14-10-5-4-9(13(15)6-10)8-21(19,20)12-3-1-2-11(7-12)16(17)18/h1-7H,8H2. The number of nitro benzene ring substituents is 1. The molecule has 0 aliphatic heterocycles. The van der Waals surface area contributed by atoms with E-state index in [0.717, 1.165) is 24.3 Å². The van der Waals surface area contributed by atoms with Crippen LogP contribution in [0.15, 0.2) is 47.4 Å². The van der Waals surface area contributed by atoms with Crippen molar-refractivity contribution in [2.24, 2.45) is 0 Å². The van der Waals surface area contributed by atoms with E-state index in [0.29, 0.717) is 6.07 Å². The van der Waals surface area contributed by atoms with Gasteiger partial charge in [0.2, 0.25) is 0 Å². The van der Waals surface area contributed by atoms with Gasteiger partial charge in [-0.1, -0.05) is 12.1 Å². The summed E-state index contributed by atoms with van der Waals surface area (Å²) in [6.45, 7) is 0. The lowest BCUT2D eigenvalue weighted by atomic mass is 10.2. The number of sulfone groups is 1. The number of nitrogens with zero attached hydrogens (tertiary/aromatic N) is 1. The minimum absolute atomic E-state index is 0.206. The van der Waals surface area contributed by atoms with Crippen LogP contribution in [0.5, 0.6) is 0 Å². The Bertz CT molecular complexity index is 806. The third-order valence-corrected chi connectivity index (χ3v) is 4.41. The summed E-state index contributed by atoms with van der Waals surface area (Å²) in [5, 5.41) is 10.6. The molecule has 0 bridgehead atoms. The summed E-state index contributed by atoms with van der Waals surface area (Å²) < 4.78 is 50.5. The van der Waals surface area contributed by atoms with E-state index in [1.165, 1.54) is 12.1 Å². The molecule has 21 heavy (non-hydrogen) atoms. The molecule has 110 valence electrons. The van der Waals surface area contributed by atoms with E-state index in [2.05, 4.69) is 0 Å². The van der Waals surface area contributed by atoms with Crippen molar-refractivity contribution in [2.45, 2.75) is 10.6 Å². The Morgan fingerprint density at radius 2 is 1.81 bits per heavy atom. The molecule has 0 N–H and O–H groups in total. The van der Waals surface area contributed by atoms with Crippen molar-refractivity contribution in [1.82, 2.24) is 0 Å². The highest BCUT2D eigenvalue weighted by atomic mass is 32.2. The second kappa shape index (κ2) is 5.57. The van der Waals surface area contributed by atoms with Gasteiger partial charge in [0, 0.05) is 23.8 Å². The number of rotatable bonds is 4. The van der Waals surface area contributed by atoms with E-state index in [1.54, 1.807) is 0 Å². The molecule has 0 saturated heterocycles. The second-order valence-electron chi connectivity index (χ2n) is 4.25. The van der Waals surface area contributed by atoms with Crippen LogP contribution >= 0.6 is 0 Å². The predicted molar refractivity (Wildman–Crippen MR) is 70.3 cm³/mol. The maximum Gasteiger partial charge on any atom is 0.270 e. The smallest absolute Gasteiger partial charge is 0.258 e. The Hall–Kier alpha value is -2.35. The molecule has 0 atom stereocenters. The van der Waals surface area contributed by atoms with E-state index in [4.69, 9.17) is 0 Å². The molecule has 0 aromatic heterocycles. The maximum absolute atomic E-state index is 13.5. The molecule has 0 saturated carbocycles. The van der Waals surface area contributed by atoms with Gasteiger partial charge in [-0.05, 0) is 12.1 Å². The van der Waals surface area contributed by atoms with E-state index >= 15 is 0 Å². The SMILES string of the molecule is O=[N+]([O-])c1cccc(S(=O)(=O)Cc2ccc(F)cc2F)c1. The van der Waals surface area contributed by atoms with E-state index < -0.39 is 32.1 Å². The van der Waals surface area contributed by atoms with Crippen molar-refractivity contribution >= 4 is 15.5 Å². The molecule has 0 heterocycles. The first kappa shape index (κ1) is 15.0. The van der Waals surface area contributed by atoms with Gasteiger partial charge in [0.15, 0.2) is 9.84 Å². The highest BCUT2D eigenvalue weighted by molar-refractivity contribution is 7.90. The fourth-order valence-corrected chi connectivity index (χ4v) is 3.11. The van der Waals surface area contributed by atoms with E-state index in [-0.39, 0.29) is 16.1 Å². The van der Waals surface area contributed by atoms with Crippen LogP contribution < -0.4 is 0 Å². The van der Waals surface area contributed by atoms with E-state index in [1.807, 2.05) is 0 Å². The van der Waals surface area contributed by atoms with Crippen LogP contribution in [-0.2, 0) is 15.6 Å². The van der Waals surface area contributed by atoms with Gasteiger partial charge in [-0.2, -0.15) is 0 Å². The molecule has 0 fully saturated rings. The van der Waals surface area contributed by atoms with Crippen molar-refractivity contribution < 1.29 is 22.1 Å². The van der Waals surface area contributed by atoms with Gasteiger partial charge in [-0.25, -0.2) is 17.2 Å². The number of benzene rings is 2. The molecule has 0 amide bonds. The molecule has 8 heteroatoms.